The lowest BCUT2D eigenvalue weighted by atomic mass is 10.0. The van der Waals surface area contributed by atoms with E-state index < -0.39 is 0 Å². The first kappa shape index (κ1) is 12.5. The number of carbonyl (C=O) groups is 1. The zero-order chi connectivity index (χ0) is 11.1. The van der Waals surface area contributed by atoms with Crippen LogP contribution in [0.2, 0.25) is 0 Å². The molecule has 0 spiro atoms. The van der Waals surface area contributed by atoms with Crippen molar-refractivity contribution in [3.63, 3.8) is 0 Å². The van der Waals surface area contributed by atoms with E-state index in [-0.39, 0.29) is 18.6 Å². The fraction of sp³-hybridized carbons (Fsp3) is 0.909. The molecular formula is C11H21NO3. The molecule has 1 rings (SSSR count). The summed E-state index contributed by atoms with van der Waals surface area (Å²) < 4.78 is 5.28. The van der Waals surface area contributed by atoms with Gasteiger partial charge in [-0.2, -0.15) is 0 Å². The molecule has 15 heavy (non-hydrogen) atoms. The molecule has 1 fully saturated rings. The highest BCUT2D eigenvalue weighted by Crippen LogP contribution is 2.12. The normalized spacial score (nSPS) is 22.7. The molecule has 0 saturated carbocycles. The minimum atomic E-state index is -0.239. The highest BCUT2D eigenvalue weighted by Gasteiger charge is 2.23. The SMILES string of the molecule is CCC(CCO)CNC(=O)[C@@H]1CCCO1. The Labute approximate surface area is 91.0 Å². The molecule has 4 nitrogen and oxygen atoms in total. The molecule has 0 aromatic carbocycles. The van der Waals surface area contributed by atoms with Crippen molar-refractivity contribution in [2.45, 2.75) is 38.7 Å². The van der Waals surface area contributed by atoms with Gasteiger partial charge in [0.15, 0.2) is 0 Å². The standard InChI is InChI=1S/C11H21NO3/c1-2-9(5-6-13)8-12-11(14)10-4-3-7-15-10/h9-10,13H,2-8H2,1H3,(H,12,14)/t9?,10-/m0/s1. The van der Waals surface area contributed by atoms with Gasteiger partial charge in [-0.05, 0) is 25.2 Å². The van der Waals surface area contributed by atoms with Crippen molar-refractivity contribution < 1.29 is 14.6 Å². The van der Waals surface area contributed by atoms with E-state index in [0.717, 1.165) is 25.7 Å². The van der Waals surface area contributed by atoms with Gasteiger partial charge in [0.2, 0.25) is 5.91 Å². The smallest absolute Gasteiger partial charge is 0.249 e. The number of aliphatic hydroxyl groups excluding tert-OH is 1. The summed E-state index contributed by atoms with van der Waals surface area (Å²) in [5, 5.41) is 11.7. The molecule has 0 aromatic heterocycles. The molecule has 2 N–H and O–H groups in total. The second-order valence-corrected chi connectivity index (χ2v) is 4.03. The average Bonchev–Trinajstić information content (AvgIpc) is 2.77. The Bertz CT molecular complexity index is 190. The molecule has 4 heteroatoms. The highest BCUT2D eigenvalue weighted by molar-refractivity contribution is 5.80. The van der Waals surface area contributed by atoms with E-state index in [4.69, 9.17) is 9.84 Å². The molecule has 1 aliphatic heterocycles. The zero-order valence-electron chi connectivity index (χ0n) is 9.37. The highest BCUT2D eigenvalue weighted by atomic mass is 16.5. The van der Waals surface area contributed by atoms with Gasteiger partial charge in [-0.3, -0.25) is 4.79 Å². The summed E-state index contributed by atoms with van der Waals surface area (Å²) in [5.41, 5.74) is 0. The lowest BCUT2D eigenvalue weighted by molar-refractivity contribution is -0.130. The van der Waals surface area contributed by atoms with Gasteiger partial charge in [0.05, 0.1) is 0 Å². The number of hydrogen-bond donors (Lipinski definition) is 2. The van der Waals surface area contributed by atoms with Gasteiger partial charge in [-0.15, -0.1) is 0 Å². The van der Waals surface area contributed by atoms with Crippen LogP contribution in [0.15, 0.2) is 0 Å². The van der Waals surface area contributed by atoms with Crippen molar-refractivity contribution in [3.8, 4) is 0 Å². The number of carbonyl (C=O) groups excluding carboxylic acids is 1. The number of rotatable bonds is 6. The molecule has 1 amide bonds. The maximum atomic E-state index is 11.6. The molecule has 88 valence electrons. The fourth-order valence-electron chi connectivity index (χ4n) is 1.78. The van der Waals surface area contributed by atoms with Crippen molar-refractivity contribution in [1.82, 2.24) is 5.32 Å². The van der Waals surface area contributed by atoms with Gasteiger partial charge in [0.1, 0.15) is 6.10 Å². The van der Waals surface area contributed by atoms with Crippen LogP contribution in [-0.4, -0.2) is 36.9 Å². The number of ether oxygens (including phenoxy) is 1. The van der Waals surface area contributed by atoms with Crippen molar-refractivity contribution in [1.29, 1.82) is 0 Å². The summed E-state index contributed by atoms with van der Waals surface area (Å²) in [4.78, 5) is 11.6. The third-order valence-corrected chi connectivity index (χ3v) is 2.90. The molecule has 0 radical (unpaired) electrons. The van der Waals surface area contributed by atoms with Gasteiger partial charge < -0.3 is 15.2 Å². The molecule has 0 aliphatic carbocycles. The first-order valence-corrected chi connectivity index (χ1v) is 5.78. The molecule has 1 saturated heterocycles. The van der Waals surface area contributed by atoms with E-state index in [2.05, 4.69) is 12.2 Å². The minimum absolute atomic E-state index is 0.00360. The Morgan fingerprint density at radius 3 is 3.00 bits per heavy atom. The van der Waals surface area contributed by atoms with Crippen LogP contribution in [0.1, 0.15) is 32.6 Å². The van der Waals surface area contributed by atoms with E-state index >= 15 is 0 Å². The maximum Gasteiger partial charge on any atom is 0.249 e. The number of hydrogen-bond acceptors (Lipinski definition) is 3. The van der Waals surface area contributed by atoms with Crippen molar-refractivity contribution in [2.24, 2.45) is 5.92 Å². The summed E-state index contributed by atoms with van der Waals surface area (Å²) in [6.45, 7) is 3.61. The molecule has 1 aliphatic rings. The van der Waals surface area contributed by atoms with Gasteiger partial charge in [0.25, 0.3) is 0 Å². The van der Waals surface area contributed by atoms with E-state index in [0.29, 0.717) is 19.1 Å². The van der Waals surface area contributed by atoms with Crippen molar-refractivity contribution in [2.75, 3.05) is 19.8 Å². The number of nitrogens with one attached hydrogen (secondary N) is 1. The average molecular weight is 215 g/mol. The third kappa shape index (κ3) is 4.18. The largest absolute Gasteiger partial charge is 0.396 e. The predicted molar refractivity (Wildman–Crippen MR) is 57.5 cm³/mol. The number of amides is 1. The van der Waals surface area contributed by atoms with Crippen molar-refractivity contribution >= 4 is 5.91 Å². The van der Waals surface area contributed by atoms with Crippen LogP contribution in [0.4, 0.5) is 0 Å². The van der Waals surface area contributed by atoms with Crippen LogP contribution in [0.3, 0.4) is 0 Å². The van der Waals surface area contributed by atoms with Crippen LogP contribution < -0.4 is 5.32 Å². The fourth-order valence-corrected chi connectivity index (χ4v) is 1.78. The van der Waals surface area contributed by atoms with E-state index in [1.165, 1.54) is 0 Å². The second kappa shape index (κ2) is 6.80. The summed E-state index contributed by atoms with van der Waals surface area (Å²) in [7, 11) is 0. The lowest BCUT2D eigenvalue weighted by Crippen LogP contribution is -2.37. The monoisotopic (exact) mass is 215 g/mol. The Morgan fingerprint density at radius 1 is 1.67 bits per heavy atom. The molecule has 1 unspecified atom stereocenters. The topological polar surface area (TPSA) is 58.6 Å². The van der Waals surface area contributed by atoms with E-state index in [9.17, 15) is 4.79 Å². The molecule has 0 bridgehead atoms. The Morgan fingerprint density at radius 2 is 2.47 bits per heavy atom. The van der Waals surface area contributed by atoms with Crippen LogP contribution in [0.25, 0.3) is 0 Å². The Balaban J connectivity index is 2.19. The zero-order valence-corrected chi connectivity index (χ0v) is 9.37. The maximum absolute atomic E-state index is 11.6. The van der Waals surface area contributed by atoms with E-state index in [1.807, 2.05) is 0 Å². The van der Waals surface area contributed by atoms with Crippen LogP contribution >= 0.6 is 0 Å². The first-order valence-electron chi connectivity index (χ1n) is 5.78. The van der Waals surface area contributed by atoms with Crippen molar-refractivity contribution in [3.05, 3.63) is 0 Å². The second-order valence-electron chi connectivity index (χ2n) is 4.03. The predicted octanol–water partition coefficient (Wildman–Crippen LogP) is 0.690. The van der Waals surface area contributed by atoms with Crippen LogP contribution in [0.5, 0.6) is 0 Å². The van der Waals surface area contributed by atoms with E-state index in [1.54, 1.807) is 0 Å². The minimum Gasteiger partial charge on any atom is -0.396 e. The molecule has 1 heterocycles. The third-order valence-electron chi connectivity index (χ3n) is 2.90. The van der Waals surface area contributed by atoms with Crippen LogP contribution in [-0.2, 0) is 9.53 Å². The summed E-state index contributed by atoms with van der Waals surface area (Å²) in [6.07, 6.45) is 3.31. The molecule has 0 aromatic rings. The quantitative estimate of drug-likeness (QED) is 0.685. The van der Waals surface area contributed by atoms with Gasteiger partial charge in [-0.25, -0.2) is 0 Å². The summed E-state index contributed by atoms with van der Waals surface area (Å²) >= 11 is 0. The van der Waals surface area contributed by atoms with Gasteiger partial charge in [0, 0.05) is 19.8 Å². The number of aliphatic hydroxyl groups is 1. The molecule has 2 atom stereocenters. The summed E-state index contributed by atoms with van der Waals surface area (Å²) in [6, 6.07) is 0. The summed E-state index contributed by atoms with van der Waals surface area (Å²) in [5.74, 6) is 0.379. The Kier molecular flexibility index (Phi) is 5.65. The van der Waals surface area contributed by atoms with Gasteiger partial charge in [-0.1, -0.05) is 13.3 Å². The first-order chi connectivity index (χ1) is 7.27. The van der Waals surface area contributed by atoms with Crippen LogP contribution in [0, 0.1) is 5.92 Å². The van der Waals surface area contributed by atoms with Gasteiger partial charge >= 0.3 is 0 Å². The molecular weight excluding hydrogens is 194 g/mol. The lowest BCUT2D eigenvalue weighted by Gasteiger charge is -2.16. The Hall–Kier alpha value is -0.610.